The molecular weight excluding hydrogens is 965 g/mol. The topological polar surface area (TPSA) is 6.48 Å². The van der Waals surface area contributed by atoms with Crippen LogP contribution in [0.5, 0.6) is 0 Å². The van der Waals surface area contributed by atoms with Gasteiger partial charge in [0.15, 0.2) is 0 Å². The minimum Gasteiger partial charge on any atom is -0.309 e. The van der Waals surface area contributed by atoms with Crippen LogP contribution in [0.3, 0.4) is 0 Å². The third kappa shape index (κ3) is 8.83. The molecule has 2 nitrogen and oxygen atoms in total. The Morgan fingerprint density at radius 3 is 0.912 bits per heavy atom. The number of hydrogen-bond donors (Lipinski definition) is 0. The smallest absolute Gasteiger partial charge is 0.0575 e. The van der Waals surface area contributed by atoms with E-state index in [2.05, 4.69) is 266 Å². The molecule has 12 aromatic carbocycles. The summed E-state index contributed by atoms with van der Waals surface area (Å²) in [6.45, 7) is 4.72. The zero-order valence-electron chi connectivity index (χ0n) is 46.2. The lowest BCUT2D eigenvalue weighted by molar-refractivity contribution is 0.445. The first kappa shape index (κ1) is 49.6. The second kappa shape index (κ2) is 21.5. The standard InChI is InChI=1S/C78H68N2/c1-53-63(55-27-11-3-12-28-55)43-45-65(57-31-15-5-16-32-57)77(53)79(61-39-23-9-24-40-61)73-51-71(59-35-19-7-20-36-59)67-48-50-70-74(52-72(60-37-21-8-22-38-60)68-47-49-69(73)75(67)76(68)70)80(62-41-25-10-26-42-62)78-54(2)64(56-29-13-4-14-30-56)44-46-66(78)58-33-17-6-18-34-58/h3-6,9-18,23-34,39-52,59-60H,7-8,19-22,35-38H2,1-2H3. The first-order valence-corrected chi connectivity index (χ1v) is 29.6. The summed E-state index contributed by atoms with van der Waals surface area (Å²) >= 11 is 0. The van der Waals surface area contributed by atoms with Gasteiger partial charge in [0.1, 0.15) is 0 Å². The van der Waals surface area contributed by atoms with Crippen molar-refractivity contribution in [3.05, 3.63) is 265 Å². The van der Waals surface area contributed by atoms with E-state index in [1.54, 1.807) is 0 Å². The van der Waals surface area contributed by atoms with Crippen molar-refractivity contribution in [3.63, 3.8) is 0 Å². The van der Waals surface area contributed by atoms with Crippen LogP contribution in [0, 0.1) is 13.8 Å². The second-order valence-electron chi connectivity index (χ2n) is 22.8. The SMILES string of the molecule is Cc1c(-c2ccccc2)ccc(-c2ccccc2)c1N(c1ccccc1)c1cc(C2CCCCC2)c2ccc3c(N(c4ccccc4)c4c(-c5ccccc5)ccc(-c5ccccc5)c4C)cc(C4CCCCC4)c4ccc1c2c43. The van der Waals surface area contributed by atoms with E-state index in [1.807, 2.05) is 0 Å². The van der Waals surface area contributed by atoms with Crippen molar-refractivity contribution in [1.29, 1.82) is 0 Å². The summed E-state index contributed by atoms with van der Waals surface area (Å²) < 4.78 is 0. The fraction of sp³-hybridized carbons (Fsp3) is 0.179. The highest BCUT2D eigenvalue weighted by atomic mass is 15.2. The van der Waals surface area contributed by atoms with Crippen LogP contribution in [0.25, 0.3) is 76.8 Å². The summed E-state index contributed by atoms with van der Waals surface area (Å²) in [5, 5.41) is 8.17. The number of para-hydroxylation sites is 2. The monoisotopic (exact) mass is 1030 g/mol. The van der Waals surface area contributed by atoms with Crippen molar-refractivity contribution in [2.75, 3.05) is 9.80 Å². The van der Waals surface area contributed by atoms with E-state index in [4.69, 9.17) is 0 Å². The Bertz CT molecular complexity index is 3850. The Morgan fingerprint density at radius 2 is 0.575 bits per heavy atom. The molecule has 0 aromatic heterocycles. The Balaban J connectivity index is 1.13. The summed E-state index contributed by atoms with van der Waals surface area (Å²) in [5.74, 6) is 0.898. The average Bonchev–Trinajstić information content (AvgIpc) is 3.22. The van der Waals surface area contributed by atoms with Gasteiger partial charge in [0.05, 0.1) is 22.7 Å². The predicted octanol–water partition coefficient (Wildman–Crippen LogP) is 22.9. The molecule has 0 heterocycles. The molecule has 0 saturated heterocycles. The Kier molecular flexibility index (Phi) is 13.3. The lowest BCUT2D eigenvalue weighted by atomic mass is 9.77. The van der Waals surface area contributed by atoms with E-state index in [0.29, 0.717) is 11.8 Å². The molecule has 2 fully saturated rings. The maximum Gasteiger partial charge on any atom is 0.0575 e. The Hall–Kier alpha value is -8.72. The number of rotatable bonds is 12. The highest BCUT2D eigenvalue weighted by Gasteiger charge is 2.32. The molecule has 2 aliphatic carbocycles. The molecule has 0 spiro atoms. The van der Waals surface area contributed by atoms with Crippen molar-refractivity contribution in [2.45, 2.75) is 89.9 Å². The maximum absolute atomic E-state index is 2.66. The Labute approximate surface area is 473 Å². The first-order valence-electron chi connectivity index (χ1n) is 29.6. The normalized spacial score (nSPS) is 14.3. The molecule has 0 radical (unpaired) electrons. The van der Waals surface area contributed by atoms with Gasteiger partial charge in [0, 0.05) is 33.3 Å². The van der Waals surface area contributed by atoms with Crippen molar-refractivity contribution in [1.82, 2.24) is 0 Å². The number of benzene rings is 12. The van der Waals surface area contributed by atoms with Gasteiger partial charge in [-0.1, -0.05) is 245 Å². The van der Waals surface area contributed by atoms with E-state index in [9.17, 15) is 0 Å². The summed E-state index contributed by atoms with van der Waals surface area (Å²) in [6.07, 6.45) is 12.4. The third-order valence-electron chi connectivity index (χ3n) is 18.2. The van der Waals surface area contributed by atoms with Crippen molar-refractivity contribution >= 4 is 66.4 Å². The van der Waals surface area contributed by atoms with Crippen LogP contribution < -0.4 is 9.80 Å². The first-order chi connectivity index (χ1) is 39.6. The molecule has 0 bridgehead atoms. The van der Waals surface area contributed by atoms with Gasteiger partial charge in [-0.25, -0.2) is 0 Å². The van der Waals surface area contributed by atoms with Crippen molar-refractivity contribution in [3.8, 4) is 44.5 Å². The van der Waals surface area contributed by atoms with E-state index >= 15 is 0 Å². The van der Waals surface area contributed by atoms with E-state index in [-0.39, 0.29) is 0 Å². The second-order valence-corrected chi connectivity index (χ2v) is 22.8. The van der Waals surface area contributed by atoms with Gasteiger partial charge >= 0.3 is 0 Å². The molecule has 2 heteroatoms. The lowest BCUT2D eigenvalue weighted by Gasteiger charge is -2.35. The maximum atomic E-state index is 2.66. The van der Waals surface area contributed by atoms with Crippen LogP contribution in [-0.4, -0.2) is 0 Å². The van der Waals surface area contributed by atoms with E-state index in [1.165, 1.54) is 186 Å². The zero-order valence-corrected chi connectivity index (χ0v) is 46.2. The van der Waals surface area contributed by atoms with Crippen LogP contribution in [0.2, 0.25) is 0 Å². The molecule has 0 N–H and O–H groups in total. The molecule has 0 aliphatic heterocycles. The van der Waals surface area contributed by atoms with Gasteiger partial charge in [0.25, 0.3) is 0 Å². The summed E-state index contributed by atoms with van der Waals surface area (Å²) in [4.78, 5) is 5.32. The largest absolute Gasteiger partial charge is 0.309 e. The van der Waals surface area contributed by atoms with Crippen LogP contribution in [0.15, 0.2) is 243 Å². The van der Waals surface area contributed by atoms with E-state index < -0.39 is 0 Å². The molecule has 0 atom stereocenters. The fourth-order valence-corrected chi connectivity index (χ4v) is 14.4. The molecular formula is C78H68N2. The fourth-order valence-electron chi connectivity index (χ4n) is 14.4. The van der Waals surface area contributed by atoms with Gasteiger partial charge in [-0.2, -0.15) is 0 Å². The minimum absolute atomic E-state index is 0.449. The molecule has 0 unspecified atom stereocenters. The number of anilines is 6. The summed E-state index contributed by atoms with van der Waals surface area (Å²) in [5.41, 5.74) is 22.5. The number of nitrogens with zero attached hydrogens (tertiary/aromatic N) is 2. The minimum atomic E-state index is 0.449. The van der Waals surface area contributed by atoms with Crippen LogP contribution in [-0.2, 0) is 0 Å². The lowest BCUT2D eigenvalue weighted by Crippen LogP contribution is -2.16. The van der Waals surface area contributed by atoms with Gasteiger partial charge in [0.2, 0.25) is 0 Å². The highest BCUT2D eigenvalue weighted by Crippen LogP contribution is 2.56. The van der Waals surface area contributed by atoms with Crippen LogP contribution >= 0.6 is 0 Å². The van der Waals surface area contributed by atoms with Gasteiger partial charge < -0.3 is 9.80 Å². The molecule has 12 aromatic rings. The third-order valence-corrected chi connectivity index (χ3v) is 18.2. The highest BCUT2D eigenvalue weighted by molar-refractivity contribution is 6.30. The van der Waals surface area contributed by atoms with Gasteiger partial charge in [-0.3, -0.25) is 0 Å². The predicted molar refractivity (Wildman–Crippen MR) is 342 cm³/mol. The molecule has 390 valence electrons. The van der Waals surface area contributed by atoms with Crippen molar-refractivity contribution < 1.29 is 0 Å². The molecule has 2 saturated carbocycles. The zero-order chi connectivity index (χ0) is 53.5. The molecule has 14 rings (SSSR count). The quantitative estimate of drug-likeness (QED) is 0.113. The van der Waals surface area contributed by atoms with Gasteiger partial charge in [-0.05, 0) is 165 Å². The Morgan fingerprint density at radius 1 is 0.287 bits per heavy atom. The van der Waals surface area contributed by atoms with Gasteiger partial charge in [-0.15, -0.1) is 0 Å². The summed E-state index contributed by atoms with van der Waals surface area (Å²) in [6, 6.07) is 91.6. The van der Waals surface area contributed by atoms with E-state index in [0.717, 1.165) is 11.4 Å². The summed E-state index contributed by atoms with van der Waals surface area (Å²) in [7, 11) is 0. The van der Waals surface area contributed by atoms with Crippen LogP contribution in [0.1, 0.15) is 98.3 Å². The number of hydrogen-bond acceptors (Lipinski definition) is 2. The van der Waals surface area contributed by atoms with Crippen LogP contribution in [0.4, 0.5) is 34.1 Å². The molecule has 80 heavy (non-hydrogen) atoms. The molecule has 2 aliphatic rings. The average molecular weight is 1030 g/mol. The van der Waals surface area contributed by atoms with Crippen molar-refractivity contribution in [2.24, 2.45) is 0 Å². The molecule has 0 amide bonds.